The minimum absolute atomic E-state index is 0.123. The Bertz CT molecular complexity index is 1190. The van der Waals surface area contributed by atoms with Gasteiger partial charge < -0.3 is 19.3 Å². The first kappa shape index (κ1) is 22.2. The smallest absolute Gasteiger partial charge is 0.225 e. The van der Waals surface area contributed by atoms with Crippen molar-refractivity contribution in [2.75, 3.05) is 50.2 Å². The number of carbonyl (C=O) groups is 1. The summed E-state index contributed by atoms with van der Waals surface area (Å²) in [6.07, 6.45) is 1.23. The number of hydrogen-bond acceptors (Lipinski definition) is 7. The number of methoxy groups -OCH3 is 2. The fourth-order valence-corrected chi connectivity index (χ4v) is 4.98. The Labute approximate surface area is 200 Å². The summed E-state index contributed by atoms with van der Waals surface area (Å²) in [7, 11) is 3.35. The Balaban J connectivity index is 1.33. The lowest BCUT2D eigenvalue weighted by molar-refractivity contribution is 0.0962. The zero-order chi connectivity index (χ0) is 23.7. The third-order valence-corrected chi connectivity index (χ3v) is 6.87. The van der Waals surface area contributed by atoms with Crippen molar-refractivity contribution in [1.82, 2.24) is 9.97 Å². The van der Waals surface area contributed by atoms with Crippen molar-refractivity contribution in [1.29, 1.82) is 0 Å². The molecule has 7 heteroatoms. The van der Waals surface area contributed by atoms with Crippen LogP contribution in [-0.2, 0) is 6.42 Å². The average molecular weight is 459 g/mol. The molecule has 7 nitrogen and oxygen atoms in total. The number of benzene rings is 2. The first-order valence-corrected chi connectivity index (χ1v) is 11.7. The fraction of sp³-hybridized carbons (Fsp3) is 0.370. The van der Waals surface area contributed by atoms with Crippen LogP contribution in [0.5, 0.6) is 11.5 Å². The fourth-order valence-electron chi connectivity index (χ4n) is 4.98. The lowest BCUT2D eigenvalue weighted by atomic mass is 9.81. The van der Waals surface area contributed by atoms with Crippen molar-refractivity contribution in [3.05, 3.63) is 71.0 Å². The van der Waals surface area contributed by atoms with E-state index in [1.165, 1.54) is 0 Å². The molecular weight excluding hydrogens is 428 g/mol. The number of nitrogens with zero attached hydrogens (tertiary/aromatic N) is 4. The maximum absolute atomic E-state index is 13.0. The second-order valence-electron chi connectivity index (χ2n) is 8.91. The van der Waals surface area contributed by atoms with Crippen molar-refractivity contribution < 1.29 is 14.3 Å². The van der Waals surface area contributed by atoms with E-state index >= 15 is 0 Å². The zero-order valence-corrected chi connectivity index (χ0v) is 20.0. The van der Waals surface area contributed by atoms with Gasteiger partial charge in [-0.1, -0.05) is 18.2 Å². The Morgan fingerprint density at radius 2 is 1.56 bits per heavy atom. The van der Waals surface area contributed by atoms with E-state index < -0.39 is 0 Å². The highest BCUT2D eigenvalue weighted by Gasteiger charge is 2.31. The molecule has 0 bridgehead atoms. The molecule has 1 aliphatic carbocycles. The van der Waals surface area contributed by atoms with Crippen LogP contribution in [0.3, 0.4) is 0 Å². The van der Waals surface area contributed by atoms with E-state index in [-0.39, 0.29) is 11.7 Å². The van der Waals surface area contributed by atoms with Gasteiger partial charge in [0.05, 0.1) is 31.2 Å². The van der Waals surface area contributed by atoms with Crippen molar-refractivity contribution in [3.8, 4) is 11.5 Å². The number of fused-ring (bicyclic) bond motifs is 1. The first-order valence-electron chi connectivity index (χ1n) is 11.7. The van der Waals surface area contributed by atoms with Gasteiger partial charge in [0.15, 0.2) is 5.78 Å². The van der Waals surface area contributed by atoms with Crippen molar-refractivity contribution >= 4 is 17.4 Å². The molecule has 1 aliphatic heterocycles. The average Bonchev–Trinajstić information content (AvgIpc) is 2.88. The van der Waals surface area contributed by atoms with Crippen LogP contribution >= 0.6 is 0 Å². The summed E-state index contributed by atoms with van der Waals surface area (Å²) in [6, 6.07) is 16.2. The van der Waals surface area contributed by atoms with Gasteiger partial charge in [0.1, 0.15) is 11.5 Å². The lowest BCUT2D eigenvalue weighted by Crippen LogP contribution is -2.47. The molecule has 3 aromatic rings. The number of aryl methyl sites for hydroxylation is 1. The number of aromatic nitrogens is 2. The standard InChI is InChI=1S/C27H30N4O3/c1-18-26-24(15-20(16-25(26)32)19-7-9-22(33-2)10-8-19)29-27(28-18)31-13-11-30(12-14-31)21-5-4-6-23(17-21)34-3/h4-10,17,20H,11-16H2,1-3H3/t20-/m0/s1. The predicted molar refractivity (Wildman–Crippen MR) is 133 cm³/mol. The number of anilines is 2. The highest BCUT2D eigenvalue weighted by atomic mass is 16.5. The molecule has 1 aromatic heterocycles. The molecule has 176 valence electrons. The second kappa shape index (κ2) is 9.33. The third kappa shape index (κ3) is 4.30. The first-order chi connectivity index (χ1) is 16.6. The maximum atomic E-state index is 13.0. The van der Waals surface area contributed by atoms with Crippen LogP contribution in [0.1, 0.15) is 39.6 Å². The number of rotatable bonds is 5. The van der Waals surface area contributed by atoms with E-state index in [0.29, 0.717) is 12.0 Å². The summed E-state index contributed by atoms with van der Waals surface area (Å²) in [5.74, 6) is 2.67. The SMILES string of the molecule is COc1ccc([C@@H]2CC(=O)c3c(C)nc(N4CCN(c5cccc(OC)c5)CC4)nc3C2)cc1. The number of Topliss-reactive ketones (excluding diaryl/α,β-unsaturated/α-hetero) is 1. The number of ketones is 1. The van der Waals surface area contributed by atoms with Crippen LogP contribution in [0.25, 0.3) is 0 Å². The van der Waals surface area contributed by atoms with Crippen LogP contribution in [0.15, 0.2) is 48.5 Å². The quantitative estimate of drug-likeness (QED) is 0.572. The maximum Gasteiger partial charge on any atom is 0.225 e. The summed E-state index contributed by atoms with van der Waals surface area (Å²) in [4.78, 5) is 27.3. The topological polar surface area (TPSA) is 67.8 Å². The van der Waals surface area contributed by atoms with Gasteiger partial charge in [-0.05, 0) is 49.1 Å². The lowest BCUT2D eigenvalue weighted by Gasteiger charge is -2.36. The van der Waals surface area contributed by atoms with Gasteiger partial charge >= 0.3 is 0 Å². The Hall–Kier alpha value is -3.61. The van der Waals surface area contributed by atoms with Gasteiger partial charge in [-0.3, -0.25) is 4.79 Å². The van der Waals surface area contributed by atoms with E-state index in [2.05, 4.69) is 34.1 Å². The molecule has 5 rings (SSSR count). The number of carbonyl (C=O) groups excluding carboxylic acids is 1. The Morgan fingerprint density at radius 1 is 0.853 bits per heavy atom. The Morgan fingerprint density at radius 3 is 2.26 bits per heavy atom. The molecule has 1 saturated heterocycles. The van der Waals surface area contributed by atoms with Crippen LogP contribution in [0.4, 0.5) is 11.6 Å². The zero-order valence-electron chi connectivity index (χ0n) is 20.0. The van der Waals surface area contributed by atoms with E-state index in [1.54, 1.807) is 14.2 Å². The summed E-state index contributed by atoms with van der Waals surface area (Å²) in [6.45, 7) is 5.33. The van der Waals surface area contributed by atoms with Crippen LogP contribution in [0.2, 0.25) is 0 Å². The van der Waals surface area contributed by atoms with Crippen LogP contribution in [0, 0.1) is 6.92 Å². The molecule has 0 spiro atoms. The van der Waals surface area contributed by atoms with Crippen LogP contribution < -0.4 is 19.3 Å². The van der Waals surface area contributed by atoms with E-state index in [4.69, 9.17) is 19.4 Å². The summed E-state index contributed by atoms with van der Waals surface area (Å²) >= 11 is 0. The molecule has 0 amide bonds. The molecule has 0 unspecified atom stereocenters. The third-order valence-electron chi connectivity index (χ3n) is 6.87. The van der Waals surface area contributed by atoms with Gasteiger partial charge in [-0.25, -0.2) is 9.97 Å². The normalized spacial score (nSPS) is 18.0. The summed E-state index contributed by atoms with van der Waals surface area (Å²) in [5, 5.41) is 0. The Kier molecular flexibility index (Phi) is 6.09. The van der Waals surface area contributed by atoms with E-state index in [1.807, 2.05) is 31.2 Å². The second-order valence-corrected chi connectivity index (χ2v) is 8.91. The number of piperazine rings is 1. The van der Waals surface area contributed by atoms with Gasteiger partial charge in [-0.2, -0.15) is 0 Å². The molecule has 0 saturated carbocycles. The summed E-state index contributed by atoms with van der Waals surface area (Å²) in [5.41, 5.74) is 4.67. The van der Waals surface area contributed by atoms with Gasteiger partial charge in [-0.15, -0.1) is 0 Å². The molecule has 34 heavy (non-hydrogen) atoms. The van der Waals surface area contributed by atoms with Crippen molar-refractivity contribution in [2.24, 2.45) is 0 Å². The van der Waals surface area contributed by atoms with E-state index in [9.17, 15) is 4.79 Å². The largest absolute Gasteiger partial charge is 0.497 e. The van der Waals surface area contributed by atoms with Crippen molar-refractivity contribution in [3.63, 3.8) is 0 Å². The molecule has 0 radical (unpaired) electrons. The van der Waals surface area contributed by atoms with Crippen molar-refractivity contribution in [2.45, 2.75) is 25.7 Å². The minimum atomic E-state index is 0.123. The molecule has 2 aromatic carbocycles. The summed E-state index contributed by atoms with van der Waals surface area (Å²) < 4.78 is 10.6. The van der Waals surface area contributed by atoms with Gasteiger partial charge in [0, 0.05) is 44.4 Å². The molecule has 0 N–H and O–H groups in total. The molecule has 1 atom stereocenters. The highest BCUT2D eigenvalue weighted by molar-refractivity contribution is 5.99. The number of hydrogen-bond donors (Lipinski definition) is 0. The predicted octanol–water partition coefficient (Wildman–Crippen LogP) is 4.04. The highest BCUT2D eigenvalue weighted by Crippen LogP contribution is 2.34. The monoisotopic (exact) mass is 458 g/mol. The van der Waals surface area contributed by atoms with E-state index in [0.717, 1.165) is 72.7 Å². The molecule has 2 heterocycles. The van der Waals surface area contributed by atoms with Gasteiger partial charge in [0.2, 0.25) is 5.95 Å². The molecule has 2 aliphatic rings. The van der Waals surface area contributed by atoms with Gasteiger partial charge in [0.25, 0.3) is 0 Å². The number of ether oxygens (including phenoxy) is 2. The van der Waals surface area contributed by atoms with Crippen LogP contribution in [-0.4, -0.2) is 56.1 Å². The molecule has 1 fully saturated rings. The minimum Gasteiger partial charge on any atom is -0.497 e. The molecular formula is C27H30N4O3.